The number of hydrogen-bond donors (Lipinski definition) is 0. The summed E-state index contributed by atoms with van der Waals surface area (Å²) in [5, 5.41) is 0. The van der Waals surface area contributed by atoms with Crippen molar-refractivity contribution in [2.24, 2.45) is 17.8 Å². The number of rotatable bonds is 5. The number of aromatic nitrogens is 2. The van der Waals surface area contributed by atoms with E-state index in [2.05, 4.69) is 76.3 Å². The lowest BCUT2D eigenvalue weighted by atomic mass is 9.75. The standard InChI is InChI=1S/C25H34BrN2O2/c1-17(2)21-12-7-18(3)14-23(21)30-25(29)16-27-15-22(19-8-10-20(26)11-9-19)28-13-5-4-6-24(27)28/h8-11,15,17-18,21,23H,4-7,12-14,16H2,1-3H3/q+1. The predicted molar refractivity (Wildman–Crippen MR) is 122 cm³/mol. The van der Waals surface area contributed by atoms with Crippen LogP contribution in [-0.4, -0.2) is 16.6 Å². The molecule has 1 aromatic carbocycles. The van der Waals surface area contributed by atoms with Crippen LogP contribution >= 0.6 is 15.9 Å². The van der Waals surface area contributed by atoms with Gasteiger partial charge in [-0.2, -0.15) is 0 Å². The maximum Gasteiger partial charge on any atom is 0.348 e. The van der Waals surface area contributed by atoms with Gasteiger partial charge < -0.3 is 4.74 Å². The summed E-state index contributed by atoms with van der Waals surface area (Å²) in [5.74, 6) is 2.82. The molecule has 0 saturated heterocycles. The molecule has 0 radical (unpaired) electrons. The van der Waals surface area contributed by atoms with Gasteiger partial charge in [-0.15, -0.1) is 0 Å². The summed E-state index contributed by atoms with van der Waals surface area (Å²) in [4.78, 5) is 13.0. The van der Waals surface area contributed by atoms with Crippen LogP contribution in [0.3, 0.4) is 0 Å². The fourth-order valence-electron chi connectivity index (χ4n) is 5.25. The molecule has 1 aromatic heterocycles. The van der Waals surface area contributed by atoms with Crippen LogP contribution in [0.1, 0.15) is 58.7 Å². The zero-order chi connectivity index (χ0) is 21.3. The molecule has 4 nitrogen and oxygen atoms in total. The third kappa shape index (κ3) is 4.66. The Kier molecular flexibility index (Phi) is 6.66. The number of fused-ring (bicyclic) bond motifs is 1. The predicted octanol–water partition coefficient (Wildman–Crippen LogP) is 5.55. The normalized spacial score (nSPS) is 24.0. The highest BCUT2D eigenvalue weighted by Gasteiger charge is 2.34. The second-order valence-corrected chi connectivity index (χ2v) is 10.4. The molecule has 5 heteroatoms. The number of imidazole rings is 1. The van der Waals surface area contributed by atoms with Crippen molar-refractivity contribution in [2.45, 2.75) is 78.5 Å². The van der Waals surface area contributed by atoms with E-state index >= 15 is 0 Å². The van der Waals surface area contributed by atoms with Gasteiger partial charge in [0.2, 0.25) is 0 Å². The summed E-state index contributed by atoms with van der Waals surface area (Å²) in [6, 6.07) is 8.43. The molecule has 3 atom stereocenters. The van der Waals surface area contributed by atoms with Gasteiger partial charge in [0.15, 0.2) is 12.2 Å². The van der Waals surface area contributed by atoms with E-state index in [9.17, 15) is 4.79 Å². The number of nitrogens with zero attached hydrogens (tertiary/aromatic N) is 2. The molecule has 0 amide bonds. The summed E-state index contributed by atoms with van der Waals surface area (Å²) >= 11 is 3.52. The Morgan fingerprint density at radius 1 is 1.23 bits per heavy atom. The molecule has 3 unspecified atom stereocenters. The zero-order valence-corrected chi connectivity index (χ0v) is 20.0. The molecule has 1 fully saturated rings. The molecule has 1 aliphatic heterocycles. The quantitative estimate of drug-likeness (QED) is 0.421. The van der Waals surface area contributed by atoms with Crippen LogP contribution in [-0.2, 0) is 29.0 Å². The third-order valence-electron chi connectivity index (χ3n) is 6.93. The summed E-state index contributed by atoms with van der Waals surface area (Å²) < 4.78 is 11.7. The Balaban J connectivity index is 1.54. The lowest BCUT2D eigenvalue weighted by Gasteiger charge is -2.36. The molecular weight excluding hydrogens is 440 g/mol. The molecule has 4 rings (SSSR count). The van der Waals surface area contributed by atoms with Gasteiger partial charge in [-0.3, -0.25) is 0 Å². The molecule has 30 heavy (non-hydrogen) atoms. The number of carbonyl (C=O) groups is 1. The Morgan fingerprint density at radius 3 is 2.73 bits per heavy atom. The summed E-state index contributed by atoms with van der Waals surface area (Å²) in [5.41, 5.74) is 2.38. The van der Waals surface area contributed by atoms with E-state index in [1.807, 2.05) is 0 Å². The van der Waals surface area contributed by atoms with E-state index in [4.69, 9.17) is 4.74 Å². The SMILES string of the molecule is CC1CCC(C(C)C)C(OC(=O)C[n+]2cc(-c3ccc(Br)cc3)n3c2CCCC3)C1. The van der Waals surface area contributed by atoms with Gasteiger partial charge in [-0.1, -0.05) is 43.1 Å². The highest BCUT2D eigenvalue weighted by molar-refractivity contribution is 9.10. The van der Waals surface area contributed by atoms with Gasteiger partial charge >= 0.3 is 5.97 Å². The first kappa shape index (κ1) is 21.6. The van der Waals surface area contributed by atoms with Gasteiger partial charge in [0, 0.05) is 16.5 Å². The average Bonchev–Trinajstić information content (AvgIpc) is 3.07. The average molecular weight is 474 g/mol. The van der Waals surface area contributed by atoms with Crippen molar-refractivity contribution in [3.8, 4) is 11.3 Å². The van der Waals surface area contributed by atoms with Crippen molar-refractivity contribution >= 4 is 21.9 Å². The van der Waals surface area contributed by atoms with Crippen molar-refractivity contribution in [3.63, 3.8) is 0 Å². The van der Waals surface area contributed by atoms with Crippen LogP contribution < -0.4 is 4.57 Å². The number of ether oxygens (including phenoxy) is 1. The number of carbonyl (C=O) groups excluding carboxylic acids is 1. The molecule has 0 bridgehead atoms. The van der Waals surface area contributed by atoms with E-state index in [0.717, 1.165) is 23.9 Å². The lowest BCUT2D eigenvalue weighted by Crippen LogP contribution is -2.44. The molecular formula is C25H34BrN2O2+. The first-order chi connectivity index (χ1) is 14.4. The topological polar surface area (TPSA) is 35.1 Å². The molecule has 162 valence electrons. The van der Waals surface area contributed by atoms with Gasteiger partial charge in [0.1, 0.15) is 12.3 Å². The van der Waals surface area contributed by atoms with Gasteiger partial charge in [-0.05, 0) is 67.7 Å². The van der Waals surface area contributed by atoms with E-state index in [-0.39, 0.29) is 12.1 Å². The fourth-order valence-corrected chi connectivity index (χ4v) is 5.51. The largest absolute Gasteiger partial charge is 0.459 e. The van der Waals surface area contributed by atoms with Crippen molar-refractivity contribution in [1.82, 2.24) is 4.57 Å². The van der Waals surface area contributed by atoms with Crippen LogP contribution in [0.15, 0.2) is 34.9 Å². The van der Waals surface area contributed by atoms with Crippen molar-refractivity contribution in [2.75, 3.05) is 0 Å². The van der Waals surface area contributed by atoms with Crippen LogP contribution in [0.2, 0.25) is 0 Å². The first-order valence-electron chi connectivity index (χ1n) is 11.5. The van der Waals surface area contributed by atoms with Crippen LogP contribution in [0.25, 0.3) is 11.3 Å². The third-order valence-corrected chi connectivity index (χ3v) is 7.46. The lowest BCUT2D eigenvalue weighted by molar-refractivity contribution is -0.693. The highest BCUT2D eigenvalue weighted by atomic mass is 79.9. The Bertz CT molecular complexity index is 887. The molecule has 0 spiro atoms. The summed E-state index contributed by atoms with van der Waals surface area (Å²) in [6.07, 6.45) is 8.99. The minimum atomic E-state index is -0.0916. The zero-order valence-electron chi connectivity index (χ0n) is 18.4. The Hall–Kier alpha value is -1.62. The van der Waals surface area contributed by atoms with Gasteiger partial charge in [0.05, 0.1) is 6.54 Å². The number of benzene rings is 1. The molecule has 2 aromatic rings. The minimum absolute atomic E-state index is 0.0613. The summed E-state index contributed by atoms with van der Waals surface area (Å²) in [7, 11) is 0. The number of hydrogen-bond acceptors (Lipinski definition) is 2. The van der Waals surface area contributed by atoms with E-state index in [1.165, 1.54) is 42.8 Å². The maximum atomic E-state index is 13.0. The van der Waals surface area contributed by atoms with E-state index < -0.39 is 0 Å². The van der Waals surface area contributed by atoms with Crippen molar-refractivity contribution in [1.29, 1.82) is 0 Å². The van der Waals surface area contributed by atoms with E-state index in [0.29, 0.717) is 24.3 Å². The Morgan fingerprint density at radius 2 is 2.00 bits per heavy atom. The van der Waals surface area contributed by atoms with Crippen molar-refractivity contribution < 1.29 is 14.1 Å². The molecule has 2 aliphatic rings. The second kappa shape index (κ2) is 9.25. The minimum Gasteiger partial charge on any atom is -0.459 e. The van der Waals surface area contributed by atoms with E-state index in [1.54, 1.807) is 0 Å². The molecule has 1 aliphatic carbocycles. The second-order valence-electron chi connectivity index (χ2n) is 9.53. The van der Waals surface area contributed by atoms with Crippen LogP contribution in [0.4, 0.5) is 0 Å². The van der Waals surface area contributed by atoms with Gasteiger partial charge in [-0.25, -0.2) is 13.9 Å². The smallest absolute Gasteiger partial charge is 0.348 e. The highest BCUT2D eigenvalue weighted by Crippen LogP contribution is 2.35. The van der Waals surface area contributed by atoms with Gasteiger partial charge in [0.25, 0.3) is 5.82 Å². The maximum absolute atomic E-state index is 13.0. The molecule has 0 N–H and O–H groups in total. The molecule has 2 heterocycles. The van der Waals surface area contributed by atoms with Crippen LogP contribution in [0.5, 0.6) is 0 Å². The Labute approximate surface area is 188 Å². The van der Waals surface area contributed by atoms with Crippen molar-refractivity contribution in [3.05, 3.63) is 40.8 Å². The number of esters is 1. The fraction of sp³-hybridized carbons (Fsp3) is 0.600. The monoisotopic (exact) mass is 473 g/mol. The summed E-state index contributed by atoms with van der Waals surface area (Å²) in [6.45, 7) is 8.11. The van der Waals surface area contributed by atoms with Crippen LogP contribution in [0, 0.1) is 17.8 Å². The first-order valence-corrected chi connectivity index (χ1v) is 12.3. The number of halogens is 1. The molecule has 1 saturated carbocycles.